The van der Waals surface area contributed by atoms with Gasteiger partial charge in [-0.1, -0.05) is 36.4 Å². The van der Waals surface area contributed by atoms with E-state index in [0.717, 1.165) is 5.56 Å². The van der Waals surface area contributed by atoms with Crippen LogP contribution in [-0.4, -0.2) is 12.5 Å². The molecule has 0 unspecified atom stereocenters. The van der Waals surface area contributed by atoms with Crippen LogP contribution >= 0.6 is 0 Å². The smallest absolute Gasteiger partial charge is 0.248 e. The largest absolute Gasteiger partial charge is 0.490 e. The number of rotatable bonds is 5. The minimum Gasteiger partial charge on any atom is -0.490 e. The molecule has 0 heterocycles. The van der Waals surface area contributed by atoms with Gasteiger partial charge >= 0.3 is 0 Å². The average molecular weight is 253 g/mol. The molecule has 0 fully saturated rings. The number of nitrogens with two attached hydrogens (primary N) is 1. The Balaban J connectivity index is 1.86. The zero-order valence-electron chi connectivity index (χ0n) is 10.5. The molecule has 0 bridgehead atoms. The van der Waals surface area contributed by atoms with Crippen LogP contribution in [0, 0.1) is 0 Å². The highest BCUT2D eigenvalue weighted by Crippen LogP contribution is 2.12. The second kappa shape index (κ2) is 6.40. The predicted octanol–water partition coefficient (Wildman–Crippen LogP) is 2.88. The number of amides is 1. The van der Waals surface area contributed by atoms with E-state index < -0.39 is 5.91 Å². The summed E-state index contributed by atoms with van der Waals surface area (Å²) in [4.78, 5) is 10.9. The molecule has 0 aromatic heterocycles. The quantitative estimate of drug-likeness (QED) is 0.890. The van der Waals surface area contributed by atoms with Gasteiger partial charge in [0.05, 0.1) is 0 Å². The van der Waals surface area contributed by atoms with Gasteiger partial charge in [0.2, 0.25) is 5.91 Å². The second-order valence-corrected chi connectivity index (χ2v) is 4.01. The maximum atomic E-state index is 10.9. The van der Waals surface area contributed by atoms with E-state index in [-0.39, 0.29) is 0 Å². The van der Waals surface area contributed by atoms with Gasteiger partial charge in [-0.2, -0.15) is 0 Å². The normalized spacial score (nSPS) is 10.5. The van der Waals surface area contributed by atoms with Crippen LogP contribution in [0.2, 0.25) is 0 Å². The summed E-state index contributed by atoms with van der Waals surface area (Å²) in [6.45, 7) is 0.477. The summed E-state index contributed by atoms with van der Waals surface area (Å²) in [5, 5.41) is 0. The number of hydrogen-bond donors (Lipinski definition) is 1. The molecule has 2 aromatic carbocycles. The molecule has 0 aliphatic rings. The lowest BCUT2D eigenvalue weighted by Crippen LogP contribution is -2.10. The van der Waals surface area contributed by atoms with Crippen molar-refractivity contribution in [3.8, 4) is 5.75 Å². The first-order valence-electron chi connectivity index (χ1n) is 6.00. The molecule has 0 aliphatic heterocycles. The van der Waals surface area contributed by atoms with Crippen molar-refractivity contribution >= 4 is 12.0 Å². The van der Waals surface area contributed by atoms with E-state index in [4.69, 9.17) is 10.5 Å². The molecule has 0 saturated heterocycles. The predicted molar refractivity (Wildman–Crippen MR) is 75.9 cm³/mol. The fourth-order valence-electron chi connectivity index (χ4n) is 1.61. The highest BCUT2D eigenvalue weighted by Gasteiger charge is 1.99. The molecule has 0 radical (unpaired) electrons. The number of ether oxygens (including phenoxy) is 1. The zero-order chi connectivity index (χ0) is 13.5. The van der Waals surface area contributed by atoms with Gasteiger partial charge in [-0.25, -0.2) is 0 Å². The topological polar surface area (TPSA) is 52.3 Å². The van der Waals surface area contributed by atoms with Crippen molar-refractivity contribution in [1.82, 2.24) is 0 Å². The van der Waals surface area contributed by atoms with E-state index in [2.05, 4.69) is 0 Å². The first kappa shape index (κ1) is 12.9. The highest BCUT2D eigenvalue weighted by atomic mass is 16.5. The number of carbonyl (C=O) groups is 1. The van der Waals surface area contributed by atoms with Gasteiger partial charge in [-0.15, -0.1) is 0 Å². The molecule has 2 rings (SSSR count). The summed E-state index contributed by atoms with van der Waals surface area (Å²) in [6, 6.07) is 16.8. The molecule has 0 saturated carbocycles. The van der Waals surface area contributed by atoms with Crippen molar-refractivity contribution in [2.24, 2.45) is 5.73 Å². The van der Waals surface area contributed by atoms with Crippen molar-refractivity contribution in [2.45, 2.75) is 0 Å². The summed E-state index contributed by atoms with van der Waals surface area (Å²) < 4.78 is 5.52. The Morgan fingerprint density at radius 2 is 1.74 bits per heavy atom. The zero-order valence-corrected chi connectivity index (χ0v) is 10.5. The molecule has 19 heavy (non-hydrogen) atoms. The number of benzene rings is 2. The van der Waals surface area contributed by atoms with Crippen LogP contribution < -0.4 is 10.5 Å². The minimum atomic E-state index is -0.435. The first-order chi connectivity index (χ1) is 9.25. The van der Waals surface area contributed by atoms with Crippen LogP contribution in [0.5, 0.6) is 5.75 Å². The summed E-state index contributed by atoms with van der Waals surface area (Å²) >= 11 is 0. The summed E-state index contributed by atoms with van der Waals surface area (Å²) in [7, 11) is 0. The molecule has 3 nitrogen and oxygen atoms in total. The Labute approximate surface area is 112 Å². The standard InChI is InChI=1S/C16H15NO2/c17-16(18)14-8-10-15(11-9-14)19-12-4-7-13-5-2-1-3-6-13/h1-11H,12H2,(H2,17,18). The molecule has 0 aliphatic carbocycles. The van der Waals surface area contributed by atoms with Gasteiger partial charge in [0, 0.05) is 5.56 Å². The highest BCUT2D eigenvalue weighted by molar-refractivity contribution is 5.92. The van der Waals surface area contributed by atoms with Crippen LogP contribution in [-0.2, 0) is 0 Å². The summed E-state index contributed by atoms with van der Waals surface area (Å²) in [5.74, 6) is 0.276. The molecule has 2 N–H and O–H groups in total. The lowest BCUT2D eigenvalue weighted by Gasteiger charge is -2.03. The van der Waals surface area contributed by atoms with Crippen LogP contribution in [0.25, 0.3) is 6.08 Å². The van der Waals surface area contributed by atoms with Crippen molar-refractivity contribution in [2.75, 3.05) is 6.61 Å². The molecule has 0 spiro atoms. The Hall–Kier alpha value is -2.55. The maximum absolute atomic E-state index is 10.9. The van der Waals surface area contributed by atoms with Crippen molar-refractivity contribution in [1.29, 1.82) is 0 Å². The number of primary amides is 1. The molecular formula is C16H15NO2. The van der Waals surface area contributed by atoms with Crippen LogP contribution in [0.3, 0.4) is 0 Å². The fraction of sp³-hybridized carbons (Fsp3) is 0.0625. The van der Waals surface area contributed by atoms with Gasteiger partial charge in [-0.3, -0.25) is 4.79 Å². The molecular weight excluding hydrogens is 238 g/mol. The van der Waals surface area contributed by atoms with Crippen molar-refractivity contribution in [3.63, 3.8) is 0 Å². The fourth-order valence-corrected chi connectivity index (χ4v) is 1.61. The van der Waals surface area contributed by atoms with Gasteiger partial charge in [0.25, 0.3) is 0 Å². The van der Waals surface area contributed by atoms with Gasteiger partial charge in [0.15, 0.2) is 0 Å². The molecule has 1 amide bonds. The molecule has 2 aromatic rings. The van der Waals surface area contributed by atoms with Gasteiger partial charge in [-0.05, 0) is 35.9 Å². The Morgan fingerprint density at radius 1 is 1.05 bits per heavy atom. The first-order valence-corrected chi connectivity index (χ1v) is 6.00. The van der Waals surface area contributed by atoms with Crippen molar-refractivity contribution in [3.05, 3.63) is 71.8 Å². The SMILES string of the molecule is NC(=O)c1ccc(OCC=Cc2ccccc2)cc1. The minimum absolute atomic E-state index is 0.435. The van der Waals surface area contributed by atoms with Crippen LogP contribution in [0.15, 0.2) is 60.7 Å². The molecule has 0 atom stereocenters. The molecule has 3 heteroatoms. The van der Waals surface area contributed by atoms with E-state index in [1.54, 1.807) is 24.3 Å². The lowest BCUT2D eigenvalue weighted by atomic mass is 10.2. The van der Waals surface area contributed by atoms with Crippen LogP contribution in [0.1, 0.15) is 15.9 Å². The third kappa shape index (κ3) is 4.00. The third-order valence-corrected chi connectivity index (χ3v) is 2.59. The summed E-state index contributed by atoms with van der Waals surface area (Å²) in [5.41, 5.74) is 6.77. The maximum Gasteiger partial charge on any atom is 0.248 e. The second-order valence-electron chi connectivity index (χ2n) is 4.01. The van der Waals surface area contributed by atoms with E-state index >= 15 is 0 Å². The Kier molecular flexibility index (Phi) is 4.34. The number of carbonyl (C=O) groups excluding carboxylic acids is 1. The summed E-state index contributed by atoms with van der Waals surface area (Å²) in [6.07, 6.45) is 3.94. The van der Waals surface area contributed by atoms with Gasteiger partial charge < -0.3 is 10.5 Å². The monoisotopic (exact) mass is 253 g/mol. The Bertz CT molecular complexity index is 559. The third-order valence-electron chi connectivity index (χ3n) is 2.59. The average Bonchev–Trinajstić information content (AvgIpc) is 2.45. The van der Waals surface area contributed by atoms with E-state index in [9.17, 15) is 4.79 Å². The van der Waals surface area contributed by atoms with Gasteiger partial charge in [0.1, 0.15) is 12.4 Å². The Morgan fingerprint density at radius 3 is 2.37 bits per heavy atom. The molecule has 96 valence electrons. The number of hydrogen-bond acceptors (Lipinski definition) is 2. The van der Waals surface area contributed by atoms with Crippen molar-refractivity contribution < 1.29 is 9.53 Å². The van der Waals surface area contributed by atoms with Crippen LogP contribution in [0.4, 0.5) is 0 Å². The van der Waals surface area contributed by atoms with E-state index in [1.807, 2.05) is 42.5 Å². The van der Waals surface area contributed by atoms with E-state index in [0.29, 0.717) is 17.9 Å². The van der Waals surface area contributed by atoms with E-state index in [1.165, 1.54) is 0 Å². The lowest BCUT2D eigenvalue weighted by molar-refractivity contribution is 0.100.